The van der Waals surface area contributed by atoms with Gasteiger partial charge < -0.3 is 10.3 Å². The van der Waals surface area contributed by atoms with Crippen LogP contribution in [-0.4, -0.2) is 41.9 Å². The average molecular weight is 418 g/mol. The Balaban J connectivity index is 1.65. The largest absolute Gasteiger partial charge is 0.338 e. The molecule has 2 amide bonds. The van der Waals surface area contributed by atoms with Gasteiger partial charge in [0.1, 0.15) is 11.3 Å². The smallest absolute Gasteiger partial charge is 0.321 e. The van der Waals surface area contributed by atoms with Crippen molar-refractivity contribution in [2.24, 2.45) is 0 Å². The summed E-state index contributed by atoms with van der Waals surface area (Å²) in [5.74, 6) is 1.14. The summed E-state index contributed by atoms with van der Waals surface area (Å²) in [6.07, 6.45) is 6.32. The summed E-state index contributed by atoms with van der Waals surface area (Å²) in [5, 5.41) is 9.71. The van der Waals surface area contributed by atoms with Gasteiger partial charge in [0, 0.05) is 43.5 Å². The van der Waals surface area contributed by atoms with Crippen LogP contribution in [0.3, 0.4) is 0 Å². The highest BCUT2D eigenvalue weighted by molar-refractivity contribution is 5.93. The van der Waals surface area contributed by atoms with Crippen LogP contribution in [0.25, 0.3) is 28.0 Å². The summed E-state index contributed by atoms with van der Waals surface area (Å²) in [6, 6.07) is 6.86. The molecule has 1 aliphatic rings. The first-order valence-corrected chi connectivity index (χ1v) is 10.3. The summed E-state index contributed by atoms with van der Waals surface area (Å²) in [4.78, 5) is 37.0. The van der Waals surface area contributed by atoms with E-state index in [9.17, 15) is 9.59 Å². The molecule has 1 aromatic carbocycles. The molecule has 158 valence electrons. The molecular weight excluding hydrogens is 396 g/mol. The summed E-state index contributed by atoms with van der Waals surface area (Å²) in [5.41, 5.74) is 3.42. The highest BCUT2D eigenvalue weighted by Crippen LogP contribution is 2.29. The Hall–Kier alpha value is -3.95. The molecule has 10 nitrogen and oxygen atoms in total. The maximum absolute atomic E-state index is 12.7. The lowest BCUT2D eigenvalue weighted by Gasteiger charge is -2.18. The molecule has 4 aromatic rings. The number of H-pyrrole nitrogens is 1. The molecule has 0 atom stereocenters. The number of carbonyl (C=O) groups is 1. The standard InChI is InChI=1S/C21H22N8O2/c1-2-22-21(31)27-20-25-15-10-13(11-16(19(15)26-20)29-9-5-7-23-29)14-12-18(30)28-8-4-3-6-17(28)24-14/h5,7,9-12H,2-4,6,8H2,1H3,(H3,22,25,26,27,31). The van der Waals surface area contributed by atoms with E-state index < -0.39 is 0 Å². The van der Waals surface area contributed by atoms with Gasteiger partial charge in [-0.2, -0.15) is 5.10 Å². The summed E-state index contributed by atoms with van der Waals surface area (Å²) < 4.78 is 3.46. The van der Waals surface area contributed by atoms with Crippen molar-refractivity contribution in [3.8, 4) is 16.9 Å². The Morgan fingerprint density at radius 3 is 2.94 bits per heavy atom. The first-order valence-electron chi connectivity index (χ1n) is 10.3. The number of aromatic nitrogens is 6. The molecular formula is C21H22N8O2. The zero-order valence-corrected chi connectivity index (χ0v) is 17.1. The first kappa shape index (κ1) is 19.0. The second-order valence-corrected chi connectivity index (χ2v) is 7.42. The maximum Gasteiger partial charge on any atom is 0.321 e. The third-order valence-corrected chi connectivity index (χ3v) is 5.30. The van der Waals surface area contributed by atoms with Crippen molar-refractivity contribution in [1.82, 2.24) is 34.6 Å². The van der Waals surface area contributed by atoms with Crippen LogP contribution < -0.4 is 16.2 Å². The number of anilines is 1. The fourth-order valence-corrected chi connectivity index (χ4v) is 3.89. The number of rotatable bonds is 4. The van der Waals surface area contributed by atoms with Gasteiger partial charge in [-0.05, 0) is 38.0 Å². The van der Waals surface area contributed by atoms with E-state index in [1.165, 1.54) is 0 Å². The van der Waals surface area contributed by atoms with Gasteiger partial charge in [-0.15, -0.1) is 0 Å². The number of aryl methyl sites for hydroxylation is 1. The number of benzene rings is 1. The van der Waals surface area contributed by atoms with Gasteiger partial charge in [0.15, 0.2) is 0 Å². The van der Waals surface area contributed by atoms with Crippen molar-refractivity contribution in [2.75, 3.05) is 11.9 Å². The Kier molecular flexibility index (Phi) is 4.73. The molecule has 0 unspecified atom stereocenters. The lowest BCUT2D eigenvalue weighted by atomic mass is 10.1. The minimum absolute atomic E-state index is 0.0383. The number of hydrogen-bond donors (Lipinski definition) is 3. The van der Waals surface area contributed by atoms with E-state index in [0.717, 1.165) is 36.3 Å². The Morgan fingerprint density at radius 1 is 1.23 bits per heavy atom. The fraction of sp³-hybridized carbons (Fsp3) is 0.286. The van der Waals surface area contributed by atoms with Gasteiger partial charge >= 0.3 is 6.03 Å². The van der Waals surface area contributed by atoms with E-state index in [1.807, 2.05) is 31.3 Å². The van der Waals surface area contributed by atoms with E-state index in [-0.39, 0.29) is 11.6 Å². The molecule has 0 spiro atoms. The second-order valence-electron chi connectivity index (χ2n) is 7.42. The molecule has 0 fully saturated rings. The van der Waals surface area contributed by atoms with E-state index in [2.05, 4.69) is 25.7 Å². The molecule has 4 heterocycles. The number of imidazole rings is 1. The van der Waals surface area contributed by atoms with Crippen LogP contribution >= 0.6 is 0 Å². The third kappa shape index (κ3) is 3.56. The summed E-state index contributed by atoms with van der Waals surface area (Å²) in [7, 11) is 0. The fourth-order valence-electron chi connectivity index (χ4n) is 3.89. The Labute approximate surface area is 177 Å². The predicted octanol–water partition coefficient (Wildman–Crippen LogP) is 2.45. The molecule has 0 saturated carbocycles. The molecule has 3 N–H and O–H groups in total. The zero-order chi connectivity index (χ0) is 21.4. The van der Waals surface area contributed by atoms with Crippen LogP contribution in [0.5, 0.6) is 0 Å². The molecule has 1 aliphatic heterocycles. The number of hydrogen-bond acceptors (Lipinski definition) is 5. The van der Waals surface area contributed by atoms with Crippen LogP contribution in [0.1, 0.15) is 25.6 Å². The number of nitrogens with zero attached hydrogens (tertiary/aromatic N) is 5. The Bertz CT molecular complexity index is 1320. The molecule has 31 heavy (non-hydrogen) atoms. The molecule has 0 saturated heterocycles. The van der Waals surface area contributed by atoms with Crippen LogP contribution in [0.15, 0.2) is 41.5 Å². The molecule has 3 aromatic heterocycles. The molecule has 0 bridgehead atoms. The SMILES string of the molecule is CCNC(=O)Nc1nc2c(-n3cccn3)cc(-c3cc(=O)n4c(n3)CCCC4)cc2[nH]1. The summed E-state index contributed by atoms with van der Waals surface area (Å²) >= 11 is 0. The van der Waals surface area contributed by atoms with Gasteiger partial charge in [-0.3, -0.25) is 14.7 Å². The number of amides is 2. The number of carbonyl (C=O) groups excluding carboxylic acids is 1. The normalized spacial score (nSPS) is 13.2. The lowest BCUT2D eigenvalue weighted by molar-refractivity contribution is 0.252. The van der Waals surface area contributed by atoms with Crippen LogP contribution in [-0.2, 0) is 13.0 Å². The van der Waals surface area contributed by atoms with Crippen LogP contribution in [0.4, 0.5) is 10.7 Å². The van der Waals surface area contributed by atoms with Crippen molar-refractivity contribution >= 4 is 23.0 Å². The molecule has 0 radical (unpaired) electrons. The van der Waals surface area contributed by atoms with E-state index >= 15 is 0 Å². The minimum atomic E-state index is -0.341. The number of aromatic amines is 1. The molecule has 0 aliphatic carbocycles. The van der Waals surface area contributed by atoms with Crippen LogP contribution in [0, 0.1) is 0 Å². The predicted molar refractivity (Wildman–Crippen MR) is 116 cm³/mol. The quantitative estimate of drug-likeness (QED) is 0.470. The third-order valence-electron chi connectivity index (χ3n) is 5.30. The van der Waals surface area contributed by atoms with Gasteiger partial charge in [0.25, 0.3) is 5.56 Å². The van der Waals surface area contributed by atoms with Gasteiger partial charge in [0.2, 0.25) is 5.95 Å². The van der Waals surface area contributed by atoms with Gasteiger partial charge in [-0.1, -0.05) is 0 Å². The van der Waals surface area contributed by atoms with Crippen molar-refractivity contribution in [2.45, 2.75) is 32.7 Å². The van der Waals surface area contributed by atoms with Gasteiger partial charge in [0.05, 0.1) is 16.9 Å². The topological polar surface area (TPSA) is 123 Å². The monoisotopic (exact) mass is 418 g/mol. The van der Waals surface area contributed by atoms with Crippen molar-refractivity contribution in [3.05, 3.63) is 52.8 Å². The van der Waals surface area contributed by atoms with E-state index in [0.29, 0.717) is 35.8 Å². The highest BCUT2D eigenvalue weighted by Gasteiger charge is 2.17. The molecule has 5 rings (SSSR count). The molecule has 10 heteroatoms. The van der Waals surface area contributed by atoms with E-state index in [1.54, 1.807) is 21.5 Å². The first-order chi connectivity index (χ1) is 15.1. The van der Waals surface area contributed by atoms with Crippen molar-refractivity contribution < 1.29 is 4.79 Å². The highest BCUT2D eigenvalue weighted by atomic mass is 16.2. The van der Waals surface area contributed by atoms with Gasteiger partial charge in [-0.25, -0.2) is 19.4 Å². The maximum atomic E-state index is 12.7. The second kappa shape index (κ2) is 7.71. The van der Waals surface area contributed by atoms with Crippen LogP contribution in [0.2, 0.25) is 0 Å². The van der Waals surface area contributed by atoms with E-state index in [4.69, 9.17) is 4.98 Å². The number of nitrogens with one attached hydrogen (secondary N) is 3. The zero-order valence-electron chi connectivity index (χ0n) is 17.1. The Morgan fingerprint density at radius 2 is 2.13 bits per heavy atom. The minimum Gasteiger partial charge on any atom is -0.338 e. The van der Waals surface area contributed by atoms with Crippen molar-refractivity contribution in [3.63, 3.8) is 0 Å². The number of urea groups is 1. The van der Waals surface area contributed by atoms with Crippen molar-refractivity contribution in [1.29, 1.82) is 0 Å². The number of fused-ring (bicyclic) bond motifs is 2. The lowest BCUT2D eigenvalue weighted by Crippen LogP contribution is -2.28. The summed E-state index contributed by atoms with van der Waals surface area (Å²) in [6.45, 7) is 3.07. The average Bonchev–Trinajstić information content (AvgIpc) is 3.43.